The van der Waals surface area contributed by atoms with Crippen LogP contribution in [0.3, 0.4) is 0 Å². The number of rotatable bonds is 2. The van der Waals surface area contributed by atoms with Gasteiger partial charge in [0, 0.05) is 26.5 Å². The number of carbonyl (C=O) groups is 1. The maximum Gasteiger partial charge on any atom is 2.00 e. The topological polar surface area (TPSA) is 109 Å². The molecule has 0 saturated heterocycles. The second-order valence-corrected chi connectivity index (χ2v) is 7.86. The van der Waals surface area contributed by atoms with Crippen molar-refractivity contribution in [2.75, 3.05) is 13.7 Å². The number of aryl methyl sites for hydroxylation is 2. The molecule has 1 aliphatic heterocycles. The van der Waals surface area contributed by atoms with Crippen LogP contribution in [-0.4, -0.2) is 45.3 Å². The Balaban J connectivity index is 0.00000234. The van der Waals surface area contributed by atoms with Crippen LogP contribution in [0.5, 0.6) is 11.6 Å². The molecule has 1 aromatic heterocycles. The molecule has 0 unspecified atom stereocenters. The van der Waals surface area contributed by atoms with Gasteiger partial charge in [0.05, 0.1) is 11.6 Å². The van der Waals surface area contributed by atoms with E-state index in [4.69, 9.17) is 19.8 Å². The molecule has 174 valence electrons. The molecule has 0 spiro atoms. The maximum atomic E-state index is 12.5. The molecule has 32 heavy (non-hydrogen) atoms. The fourth-order valence-electron chi connectivity index (χ4n) is 3.10. The van der Waals surface area contributed by atoms with Crippen molar-refractivity contribution >= 4 is 6.09 Å². The number of nitrogens with zero attached hydrogens (tertiary/aromatic N) is 4. The van der Waals surface area contributed by atoms with Crippen molar-refractivity contribution in [2.45, 2.75) is 53.2 Å². The number of ether oxygens (including phenoxy) is 2. The molecule has 1 aliphatic rings. The van der Waals surface area contributed by atoms with Gasteiger partial charge >= 0.3 is 25.9 Å². The molecule has 1 aromatic carbocycles. The SMILES string of the molecule is CO.Cc1cc(C#N)cc(C)c1Oc1n[c-]nc2c1CN(C(=O)OC(C)(C)C)CC2.[CH3-].[Os+2]. The van der Waals surface area contributed by atoms with Crippen molar-refractivity contribution in [3.05, 3.63) is 53.8 Å². The standard InChI is InChI=1S/C21H23N4O3.CH4O.CH3.Os/c1-13-8-15(10-22)9-14(2)18(13)27-19-16-11-25(20(26)28-21(3,4)5)7-6-17(16)23-12-24-19;1-2;;/h8-9H,6-7,11H2,1-5H3;2H,1H3;1H3;/q-1;;-1;+2. The summed E-state index contributed by atoms with van der Waals surface area (Å²) in [7, 11) is 1.00. The van der Waals surface area contributed by atoms with Crippen LogP contribution in [0, 0.1) is 38.9 Å². The van der Waals surface area contributed by atoms with Crippen LogP contribution < -0.4 is 4.74 Å². The minimum Gasteiger partial charge on any atom is -0.498 e. The number of aliphatic hydroxyl groups is 1. The number of aliphatic hydroxyl groups excluding tert-OH is 1. The van der Waals surface area contributed by atoms with Gasteiger partial charge in [-0.3, -0.25) is 0 Å². The molecule has 1 amide bonds. The van der Waals surface area contributed by atoms with Crippen molar-refractivity contribution in [2.24, 2.45) is 0 Å². The Morgan fingerprint density at radius 2 is 1.81 bits per heavy atom. The van der Waals surface area contributed by atoms with E-state index in [1.54, 1.807) is 17.0 Å². The number of benzene rings is 1. The summed E-state index contributed by atoms with van der Waals surface area (Å²) in [5, 5.41) is 16.1. The minimum atomic E-state index is -0.561. The fourth-order valence-corrected chi connectivity index (χ4v) is 3.10. The first-order valence-corrected chi connectivity index (χ1v) is 9.55. The van der Waals surface area contributed by atoms with Crippen molar-refractivity contribution in [1.82, 2.24) is 14.9 Å². The van der Waals surface area contributed by atoms with E-state index >= 15 is 0 Å². The van der Waals surface area contributed by atoms with Gasteiger partial charge in [-0.25, -0.2) is 4.79 Å². The molecule has 2 aromatic rings. The van der Waals surface area contributed by atoms with Gasteiger partial charge in [0.25, 0.3) is 0 Å². The molecule has 3 rings (SSSR count). The van der Waals surface area contributed by atoms with E-state index in [1.165, 1.54) is 0 Å². The summed E-state index contributed by atoms with van der Waals surface area (Å²) >= 11 is 0. The number of carbonyl (C=O) groups excluding carboxylic acids is 1. The summed E-state index contributed by atoms with van der Waals surface area (Å²) < 4.78 is 11.6. The van der Waals surface area contributed by atoms with Crippen LogP contribution in [0.4, 0.5) is 4.79 Å². The van der Waals surface area contributed by atoms with E-state index in [1.807, 2.05) is 34.6 Å². The molecule has 0 fully saturated rings. The number of hydrogen-bond acceptors (Lipinski definition) is 7. The molecular formula is C23H30N4O4Os. The van der Waals surface area contributed by atoms with Crippen molar-refractivity contribution in [3.8, 4) is 17.7 Å². The zero-order valence-corrected chi connectivity index (χ0v) is 22.1. The number of amides is 1. The smallest absolute Gasteiger partial charge is 0.498 e. The molecular weight excluding hydrogens is 587 g/mol. The summed E-state index contributed by atoms with van der Waals surface area (Å²) in [6.07, 6.45) is 2.85. The zero-order chi connectivity index (χ0) is 22.5. The molecule has 8 nitrogen and oxygen atoms in total. The Hall–Kier alpha value is -2.54. The molecule has 1 N–H and O–H groups in total. The van der Waals surface area contributed by atoms with E-state index < -0.39 is 5.60 Å². The van der Waals surface area contributed by atoms with E-state index in [-0.39, 0.29) is 33.3 Å². The normalized spacial score (nSPS) is 12.0. The maximum absolute atomic E-state index is 12.5. The van der Waals surface area contributed by atoms with Crippen LogP contribution in [0.25, 0.3) is 0 Å². The largest absolute Gasteiger partial charge is 2.00 e. The average molecular weight is 617 g/mol. The second-order valence-electron chi connectivity index (χ2n) is 7.86. The first kappa shape index (κ1) is 29.5. The Labute approximate surface area is 203 Å². The molecule has 0 radical (unpaired) electrons. The summed E-state index contributed by atoms with van der Waals surface area (Å²) in [4.78, 5) is 22.5. The quantitative estimate of drug-likeness (QED) is 0.510. The molecule has 2 heterocycles. The van der Waals surface area contributed by atoms with Crippen LogP contribution in [0.2, 0.25) is 0 Å². The van der Waals surface area contributed by atoms with Crippen LogP contribution in [-0.2, 0) is 37.5 Å². The number of aromatic nitrogens is 2. The Morgan fingerprint density at radius 1 is 1.22 bits per heavy atom. The molecule has 0 saturated carbocycles. The van der Waals surface area contributed by atoms with Gasteiger partial charge in [0.15, 0.2) is 0 Å². The molecule has 0 aliphatic carbocycles. The van der Waals surface area contributed by atoms with Gasteiger partial charge in [-0.1, -0.05) is 11.3 Å². The van der Waals surface area contributed by atoms with E-state index in [2.05, 4.69) is 22.4 Å². The number of hydrogen-bond donors (Lipinski definition) is 1. The Kier molecular flexibility index (Phi) is 11.5. The fraction of sp³-hybridized carbons (Fsp3) is 0.435. The van der Waals surface area contributed by atoms with Crippen molar-refractivity contribution in [3.63, 3.8) is 0 Å². The second kappa shape index (κ2) is 12.5. The number of fused-ring (bicyclic) bond motifs is 1. The number of nitriles is 1. The van der Waals surface area contributed by atoms with Crippen LogP contribution in [0.1, 0.15) is 48.7 Å². The van der Waals surface area contributed by atoms with Crippen molar-refractivity contribution in [1.29, 1.82) is 5.26 Å². The predicted molar refractivity (Wildman–Crippen MR) is 116 cm³/mol. The van der Waals surface area contributed by atoms with Gasteiger partial charge < -0.3 is 36.9 Å². The zero-order valence-electron chi connectivity index (χ0n) is 19.6. The van der Waals surface area contributed by atoms with Gasteiger partial charge in [0.2, 0.25) is 0 Å². The monoisotopic (exact) mass is 618 g/mol. The first-order chi connectivity index (χ1) is 14.2. The third-order valence-corrected chi connectivity index (χ3v) is 4.35. The van der Waals surface area contributed by atoms with E-state index in [0.29, 0.717) is 36.7 Å². The predicted octanol–water partition coefficient (Wildman–Crippen LogP) is 3.91. The minimum absolute atomic E-state index is 0. The summed E-state index contributed by atoms with van der Waals surface area (Å²) in [5.74, 6) is 1.01. The Bertz CT molecular complexity index is 944. The summed E-state index contributed by atoms with van der Waals surface area (Å²) in [5.41, 5.74) is 3.25. The summed E-state index contributed by atoms with van der Waals surface area (Å²) in [6.45, 7) is 10.1. The third-order valence-electron chi connectivity index (χ3n) is 4.35. The third kappa shape index (κ3) is 7.26. The van der Waals surface area contributed by atoms with Gasteiger partial charge in [-0.05, 0) is 64.3 Å². The molecule has 0 bridgehead atoms. The van der Waals surface area contributed by atoms with Gasteiger partial charge in [-0.2, -0.15) is 5.26 Å². The van der Waals surface area contributed by atoms with E-state index in [9.17, 15) is 4.79 Å². The van der Waals surface area contributed by atoms with Gasteiger partial charge in [0.1, 0.15) is 17.2 Å². The molecule has 9 heteroatoms. The van der Waals surface area contributed by atoms with Crippen LogP contribution in [0.15, 0.2) is 12.1 Å². The first-order valence-electron chi connectivity index (χ1n) is 9.55. The van der Waals surface area contributed by atoms with Crippen molar-refractivity contribution < 1.29 is 39.2 Å². The van der Waals surface area contributed by atoms with Gasteiger partial charge in [-0.15, -0.1) is 0 Å². The molecule has 0 atom stereocenters. The Morgan fingerprint density at radius 3 is 2.34 bits per heavy atom. The van der Waals surface area contributed by atoms with E-state index in [0.717, 1.165) is 29.5 Å². The summed E-state index contributed by atoms with van der Waals surface area (Å²) in [6, 6.07) is 5.68. The van der Waals surface area contributed by atoms with Crippen LogP contribution >= 0.6 is 0 Å². The average Bonchev–Trinajstić information content (AvgIpc) is 2.70.